The molecular formula is C6H14S6. The molecule has 0 aliphatic heterocycles. The van der Waals surface area contributed by atoms with E-state index in [4.69, 9.17) is 0 Å². The molecular weight excluding hydrogens is 264 g/mol. The van der Waals surface area contributed by atoms with Gasteiger partial charge in [0, 0.05) is 15.9 Å². The van der Waals surface area contributed by atoms with Crippen molar-refractivity contribution in [1.29, 1.82) is 0 Å². The largest absolute Gasteiger partial charge is 0.179 e. The first-order valence-electron chi connectivity index (χ1n) is 3.43. The third-order valence-corrected chi connectivity index (χ3v) is 6.77. The number of thiol groups is 3. The van der Waals surface area contributed by atoms with Crippen LogP contribution in [0.2, 0.25) is 0 Å². The number of thioether (sulfide) groups is 3. The van der Waals surface area contributed by atoms with Gasteiger partial charge in [0.2, 0.25) is 0 Å². The molecule has 6 heteroatoms. The molecule has 0 aliphatic carbocycles. The van der Waals surface area contributed by atoms with Crippen molar-refractivity contribution >= 4 is 73.2 Å². The molecule has 0 radical (unpaired) electrons. The molecule has 0 aromatic carbocycles. The van der Waals surface area contributed by atoms with Crippen molar-refractivity contribution < 1.29 is 0 Å². The highest BCUT2D eigenvalue weighted by Gasteiger charge is 2.24. The van der Waals surface area contributed by atoms with E-state index in [0.29, 0.717) is 0 Å². The molecule has 0 atom stereocenters. The Balaban J connectivity index is 3.80. The molecule has 0 aromatic heterocycles. The SMILES string of the molecule is CC(SCS)(SCS)SCCS. The third kappa shape index (κ3) is 6.54. The Labute approximate surface area is 104 Å². The van der Waals surface area contributed by atoms with Crippen LogP contribution < -0.4 is 0 Å². The van der Waals surface area contributed by atoms with Crippen LogP contribution in [0, 0.1) is 0 Å². The molecule has 0 saturated heterocycles. The van der Waals surface area contributed by atoms with Gasteiger partial charge in [-0.3, -0.25) is 0 Å². The zero-order chi connectivity index (χ0) is 9.45. The molecule has 0 aliphatic rings. The summed E-state index contributed by atoms with van der Waals surface area (Å²) in [6.07, 6.45) is 0. The second-order valence-corrected chi connectivity index (χ2v) is 8.99. The second kappa shape index (κ2) is 8.41. The van der Waals surface area contributed by atoms with Gasteiger partial charge >= 0.3 is 0 Å². The van der Waals surface area contributed by atoms with Crippen LogP contribution in [0.4, 0.5) is 0 Å². The van der Waals surface area contributed by atoms with Crippen molar-refractivity contribution in [2.45, 2.75) is 10.3 Å². The van der Waals surface area contributed by atoms with Crippen LogP contribution in [0.25, 0.3) is 0 Å². The Morgan fingerprint density at radius 3 is 1.83 bits per heavy atom. The van der Waals surface area contributed by atoms with Crippen LogP contribution in [-0.4, -0.2) is 25.1 Å². The average Bonchev–Trinajstić information content (AvgIpc) is 2.02. The van der Waals surface area contributed by atoms with Gasteiger partial charge in [0.15, 0.2) is 0 Å². The van der Waals surface area contributed by atoms with Crippen molar-refractivity contribution in [2.24, 2.45) is 0 Å². The highest BCUT2D eigenvalue weighted by molar-refractivity contribution is 8.36. The average molecular weight is 279 g/mol. The van der Waals surface area contributed by atoms with Crippen LogP contribution in [0.5, 0.6) is 0 Å². The van der Waals surface area contributed by atoms with Gasteiger partial charge < -0.3 is 0 Å². The minimum absolute atomic E-state index is 0.201. The van der Waals surface area contributed by atoms with Crippen molar-refractivity contribution in [1.82, 2.24) is 0 Å². The Kier molecular flexibility index (Phi) is 9.88. The van der Waals surface area contributed by atoms with Gasteiger partial charge in [0.1, 0.15) is 3.41 Å². The molecule has 0 fully saturated rings. The Hall–Kier alpha value is 2.10. The fraction of sp³-hybridized carbons (Fsp3) is 1.00. The molecule has 0 nitrogen and oxygen atoms in total. The summed E-state index contributed by atoms with van der Waals surface area (Å²) in [6.45, 7) is 2.23. The molecule has 0 aromatic rings. The molecule has 0 spiro atoms. The summed E-state index contributed by atoms with van der Waals surface area (Å²) >= 11 is 18.3. The van der Waals surface area contributed by atoms with E-state index in [0.717, 1.165) is 21.7 Å². The third-order valence-electron chi connectivity index (χ3n) is 1.11. The van der Waals surface area contributed by atoms with E-state index >= 15 is 0 Å². The maximum absolute atomic E-state index is 4.22. The standard InChI is InChI=1S/C6H14S6/c1-6(11-4-8,12-5-9)10-3-2-7/h7-9H,2-5H2,1H3. The van der Waals surface area contributed by atoms with E-state index in [2.05, 4.69) is 44.8 Å². The molecule has 0 amide bonds. The number of rotatable bonds is 7. The lowest BCUT2D eigenvalue weighted by Crippen LogP contribution is -2.11. The monoisotopic (exact) mass is 278 g/mol. The first-order valence-corrected chi connectivity index (χ1v) is 8.28. The van der Waals surface area contributed by atoms with Gasteiger partial charge in [0.05, 0.1) is 0 Å². The lowest BCUT2D eigenvalue weighted by atomic mass is 10.9. The van der Waals surface area contributed by atoms with Gasteiger partial charge in [-0.25, -0.2) is 0 Å². The summed E-state index contributed by atoms with van der Waals surface area (Å²) in [7, 11) is 0. The lowest BCUT2D eigenvalue weighted by molar-refractivity contribution is 1.32. The van der Waals surface area contributed by atoms with Gasteiger partial charge in [-0.15, -0.1) is 35.3 Å². The van der Waals surface area contributed by atoms with Crippen molar-refractivity contribution in [3.63, 3.8) is 0 Å². The summed E-state index contributed by atoms with van der Waals surface area (Å²) in [6, 6.07) is 0. The first kappa shape index (κ1) is 14.1. The summed E-state index contributed by atoms with van der Waals surface area (Å²) in [5, 5.41) is 1.72. The normalized spacial score (nSPS) is 12.0. The van der Waals surface area contributed by atoms with Gasteiger partial charge in [-0.05, 0) is 12.7 Å². The lowest BCUT2D eigenvalue weighted by Gasteiger charge is -2.26. The number of hydrogen-bond donors (Lipinski definition) is 3. The van der Waals surface area contributed by atoms with Crippen LogP contribution in [0.1, 0.15) is 6.92 Å². The molecule has 0 N–H and O–H groups in total. The molecule has 0 saturated carbocycles. The van der Waals surface area contributed by atoms with Crippen LogP contribution in [0.3, 0.4) is 0 Å². The molecule has 74 valence electrons. The smallest absolute Gasteiger partial charge is 0.105 e. The number of hydrogen-bond acceptors (Lipinski definition) is 6. The fourth-order valence-corrected chi connectivity index (χ4v) is 6.60. The van der Waals surface area contributed by atoms with Crippen molar-refractivity contribution in [3.05, 3.63) is 0 Å². The summed E-state index contributed by atoms with van der Waals surface area (Å²) in [4.78, 5) is 0. The summed E-state index contributed by atoms with van der Waals surface area (Å²) in [5.41, 5.74) is 0. The van der Waals surface area contributed by atoms with Gasteiger partial charge in [-0.1, -0.05) is 0 Å². The Bertz CT molecular complexity index is 100. The van der Waals surface area contributed by atoms with Crippen molar-refractivity contribution in [3.8, 4) is 0 Å². The molecule has 0 bridgehead atoms. The predicted molar refractivity (Wildman–Crippen MR) is 77.6 cm³/mol. The Morgan fingerprint density at radius 1 is 1.00 bits per heavy atom. The molecule has 0 heterocycles. The van der Waals surface area contributed by atoms with Crippen molar-refractivity contribution in [2.75, 3.05) is 21.7 Å². The highest BCUT2D eigenvalue weighted by atomic mass is 32.3. The molecule has 0 rings (SSSR count). The van der Waals surface area contributed by atoms with E-state index in [9.17, 15) is 0 Å². The fourth-order valence-electron chi connectivity index (χ4n) is 0.591. The first-order chi connectivity index (χ1) is 5.68. The summed E-state index contributed by atoms with van der Waals surface area (Å²) < 4.78 is 0.201. The predicted octanol–water partition coefficient (Wildman–Crippen LogP) is 3.56. The quantitative estimate of drug-likeness (QED) is 0.481. The van der Waals surface area contributed by atoms with E-state index in [1.165, 1.54) is 0 Å². The van der Waals surface area contributed by atoms with E-state index in [1.807, 2.05) is 35.3 Å². The zero-order valence-electron chi connectivity index (χ0n) is 6.89. The van der Waals surface area contributed by atoms with E-state index in [-0.39, 0.29) is 3.41 Å². The molecule has 12 heavy (non-hydrogen) atoms. The van der Waals surface area contributed by atoms with Crippen LogP contribution >= 0.6 is 73.2 Å². The summed E-state index contributed by atoms with van der Waals surface area (Å²) in [5.74, 6) is 2.02. The second-order valence-electron chi connectivity index (χ2n) is 1.98. The minimum atomic E-state index is 0.201. The minimum Gasteiger partial charge on any atom is -0.179 e. The highest BCUT2D eigenvalue weighted by Crippen LogP contribution is 2.47. The van der Waals surface area contributed by atoms with Gasteiger partial charge in [0.25, 0.3) is 0 Å². The van der Waals surface area contributed by atoms with E-state index in [1.54, 1.807) is 0 Å². The van der Waals surface area contributed by atoms with Gasteiger partial charge in [-0.2, -0.15) is 37.9 Å². The van der Waals surface area contributed by atoms with Crippen LogP contribution in [0.15, 0.2) is 0 Å². The topological polar surface area (TPSA) is 0 Å². The Morgan fingerprint density at radius 2 is 1.50 bits per heavy atom. The maximum atomic E-state index is 4.22. The molecule has 0 unspecified atom stereocenters. The van der Waals surface area contributed by atoms with E-state index < -0.39 is 0 Å². The maximum Gasteiger partial charge on any atom is 0.105 e. The zero-order valence-corrected chi connectivity index (χ0v) is 12.0. The van der Waals surface area contributed by atoms with Crippen LogP contribution in [-0.2, 0) is 0 Å².